The predicted molar refractivity (Wildman–Crippen MR) is 97.7 cm³/mol. The third-order valence-electron chi connectivity index (χ3n) is 3.64. The maximum atomic E-state index is 12.5. The van der Waals surface area contributed by atoms with Crippen LogP contribution in [0.2, 0.25) is 0 Å². The zero-order valence-electron chi connectivity index (χ0n) is 14.1. The number of hydrogen-bond acceptors (Lipinski definition) is 6. The summed E-state index contributed by atoms with van der Waals surface area (Å²) in [6.45, 7) is 3.67. The first-order valence-corrected chi connectivity index (χ1v) is 8.55. The third kappa shape index (κ3) is 3.69. The fraction of sp³-hybridized carbons (Fsp3) is 0.235. The number of carbonyl (C=O) groups excluding carboxylic acids is 1. The molecule has 3 aromatic rings. The van der Waals surface area contributed by atoms with Crippen LogP contribution in [0, 0.1) is 6.92 Å². The van der Waals surface area contributed by atoms with Crippen LogP contribution in [0.25, 0.3) is 10.9 Å². The summed E-state index contributed by atoms with van der Waals surface area (Å²) in [6, 6.07) is 7.22. The van der Waals surface area contributed by atoms with Crippen molar-refractivity contribution >= 4 is 34.5 Å². The number of rotatable bonds is 4. The van der Waals surface area contributed by atoms with Gasteiger partial charge in [0.2, 0.25) is 11.9 Å². The summed E-state index contributed by atoms with van der Waals surface area (Å²) in [7, 11) is 1.66. The molecular weight excluding hydrogens is 338 g/mol. The molecule has 128 valence electrons. The number of aromatic nitrogens is 4. The summed E-state index contributed by atoms with van der Waals surface area (Å²) >= 11 is 1.22. The van der Waals surface area contributed by atoms with Crippen molar-refractivity contribution in [1.82, 2.24) is 19.5 Å². The number of benzene rings is 1. The molecule has 3 rings (SSSR count). The van der Waals surface area contributed by atoms with Crippen LogP contribution in [0.1, 0.15) is 12.5 Å². The van der Waals surface area contributed by atoms with Crippen molar-refractivity contribution in [3.63, 3.8) is 0 Å². The Balaban J connectivity index is 1.84. The van der Waals surface area contributed by atoms with Gasteiger partial charge in [-0.3, -0.25) is 19.5 Å². The van der Waals surface area contributed by atoms with Crippen LogP contribution < -0.4 is 10.9 Å². The number of nitrogens with one attached hydrogen (secondary N) is 1. The molecule has 7 nitrogen and oxygen atoms in total. The highest BCUT2D eigenvalue weighted by molar-refractivity contribution is 8.00. The smallest absolute Gasteiger partial charge is 0.261 e. The molecular formula is C17H17N5O2S. The molecule has 0 radical (unpaired) electrons. The van der Waals surface area contributed by atoms with Crippen molar-refractivity contribution in [3.8, 4) is 0 Å². The van der Waals surface area contributed by atoms with Gasteiger partial charge in [-0.05, 0) is 32.0 Å². The van der Waals surface area contributed by atoms with Gasteiger partial charge in [-0.25, -0.2) is 15.0 Å². The maximum Gasteiger partial charge on any atom is 0.261 e. The second kappa shape index (κ2) is 7.02. The highest BCUT2D eigenvalue weighted by Crippen LogP contribution is 2.22. The predicted octanol–water partition coefficient (Wildman–Crippen LogP) is 2.15. The van der Waals surface area contributed by atoms with Gasteiger partial charge >= 0.3 is 0 Å². The number of thioether (sulfide) groups is 1. The second-order valence-corrected chi connectivity index (χ2v) is 6.91. The van der Waals surface area contributed by atoms with E-state index in [2.05, 4.69) is 20.3 Å². The Hall–Kier alpha value is -2.74. The minimum atomic E-state index is -0.468. The van der Waals surface area contributed by atoms with E-state index in [0.717, 1.165) is 5.56 Å². The summed E-state index contributed by atoms with van der Waals surface area (Å²) in [5.74, 6) is -0.00904. The van der Waals surface area contributed by atoms with E-state index in [1.54, 1.807) is 32.4 Å². The topological polar surface area (TPSA) is 89.8 Å². The number of anilines is 1. The summed E-state index contributed by atoms with van der Waals surface area (Å²) in [4.78, 5) is 37.3. The summed E-state index contributed by atoms with van der Waals surface area (Å²) in [6.07, 6.45) is 3.11. The molecule has 2 heterocycles. The van der Waals surface area contributed by atoms with Gasteiger partial charge in [0.1, 0.15) is 0 Å². The lowest BCUT2D eigenvalue weighted by molar-refractivity contribution is -0.115. The molecule has 1 atom stereocenters. The lowest BCUT2D eigenvalue weighted by Crippen LogP contribution is -2.26. The molecule has 0 saturated carbocycles. The standard InChI is InChI=1S/C17H17N5O2S/c1-10-5-6-13-12(9-10)15(24)22(3)17(20-13)25-11(2)14(23)21-16-18-7-4-8-19-16/h4-9,11H,1-3H3,(H,18,19,21,23). The molecule has 1 amide bonds. The summed E-state index contributed by atoms with van der Waals surface area (Å²) in [5.41, 5.74) is 1.49. The third-order valence-corrected chi connectivity index (χ3v) is 4.79. The molecule has 1 aromatic carbocycles. The van der Waals surface area contributed by atoms with E-state index >= 15 is 0 Å². The molecule has 0 spiro atoms. The molecule has 0 aliphatic heterocycles. The van der Waals surface area contributed by atoms with Crippen LogP contribution in [0.15, 0.2) is 46.6 Å². The van der Waals surface area contributed by atoms with Gasteiger partial charge in [0.15, 0.2) is 5.16 Å². The summed E-state index contributed by atoms with van der Waals surface area (Å²) < 4.78 is 1.47. The van der Waals surface area contributed by atoms with E-state index in [4.69, 9.17) is 0 Å². The minimum Gasteiger partial charge on any atom is -0.294 e. The molecule has 0 fully saturated rings. The zero-order chi connectivity index (χ0) is 18.0. The average Bonchev–Trinajstić information content (AvgIpc) is 2.61. The van der Waals surface area contributed by atoms with E-state index < -0.39 is 5.25 Å². The molecule has 0 saturated heterocycles. The number of hydrogen-bond donors (Lipinski definition) is 1. The minimum absolute atomic E-state index is 0.129. The Labute approximate surface area is 148 Å². The van der Waals surface area contributed by atoms with Crippen LogP contribution in [-0.2, 0) is 11.8 Å². The van der Waals surface area contributed by atoms with E-state index in [0.29, 0.717) is 16.1 Å². The van der Waals surface area contributed by atoms with Crippen LogP contribution in [0.3, 0.4) is 0 Å². The number of amides is 1. The molecule has 1 N–H and O–H groups in total. The Morgan fingerprint density at radius 3 is 2.72 bits per heavy atom. The summed E-state index contributed by atoms with van der Waals surface area (Å²) in [5, 5.41) is 3.23. The molecule has 0 aliphatic rings. The lowest BCUT2D eigenvalue weighted by Gasteiger charge is -2.13. The lowest BCUT2D eigenvalue weighted by atomic mass is 10.2. The molecule has 0 aliphatic carbocycles. The number of nitrogens with zero attached hydrogens (tertiary/aromatic N) is 4. The Morgan fingerprint density at radius 2 is 2.00 bits per heavy atom. The van der Waals surface area contributed by atoms with Crippen LogP contribution in [0.5, 0.6) is 0 Å². The fourth-order valence-electron chi connectivity index (χ4n) is 2.26. The normalized spacial score (nSPS) is 12.1. The first kappa shape index (κ1) is 17.1. The van der Waals surface area contributed by atoms with Crippen molar-refractivity contribution < 1.29 is 4.79 Å². The van der Waals surface area contributed by atoms with Crippen LogP contribution in [-0.4, -0.2) is 30.7 Å². The van der Waals surface area contributed by atoms with E-state index in [1.807, 2.05) is 25.1 Å². The fourth-order valence-corrected chi connectivity index (χ4v) is 3.13. The van der Waals surface area contributed by atoms with Gasteiger partial charge in [-0.1, -0.05) is 23.4 Å². The van der Waals surface area contributed by atoms with Crippen molar-refractivity contribution in [2.24, 2.45) is 7.05 Å². The van der Waals surface area contributed by atoms with Crippen LogP contribution >= 0.6 is 11.8 Å². The van der Waals surface area contributed by atoms with E-state index in [9.17, 15) is 9.59 Å². The van der Waals surface area contributed by atoms with Crippen molar-refractivity contribution in [2.45, 2.75) is 24.3 Å². The van der Waals surface area contributed by atoms with E-state index in [1.165, 1.54) is 16.3 Å². The maximum absolute atomic E-state index is 12.5. The van der Waals surface area contributed by atoms with Gasteiger partial charge in [-0.2, -0.15) is 0 Å². The SMILES string of the molecule is Cc1ccc2nc(SC(C)C(=O)Nc3ncccn3)n(C)c(=O)c2c1. The van der Waals surface area contributed by atoms with Gasteiger partial charge in [-0.15, -0.1) is 0 Å². The van der Waals surface area contributed by atoms with Gasteiger partial charge in [0.25, 0.3) is 5.56 Å². The average molecular weight is 355 g/mol. The molecule has 0 bridgehead atoms. The molecule has 25 heavy (non-hydrogen) atoms. The Morgan fingerprint density at radius 1 is 1.28 bits per heavy atom. The highest BCUT2D eigenvalue weighted by Gasteiger charge is 2.19. The van der Waals surface area contributed by atoms with E-state index in [-0.39, 0.29) is 17.4 Å². The largest absolute Gasteiger partial charge is 0.294 e. The van der Waals surface area contributed by atoms with Crippen molar-refractivity contribution in [3.05, 3.63) is 52.6 Å². The number of aryl methyl sites for hydroxylation is 1. The quantitative estimate of drug-likeness (QED) is 0.570. The van der Waals surface area contributed by atoms with Crippen molar-refractivity contribution in [1.29, 1.82) is 0 Å². The zero-order valence-corrected chi connectivity index (χ0v) is 14.9. The Kier molecular flexibility index (Phi) is 4.80. The number of carbonyl (C=O) groups is 1. The van der Waals surface area contributed by atoms with Gasteiger partial charge in [0, 0.05) is 19.4 Å². The Bertz CT molecular complexity index is 987. The monoisotopic (exact) mass is 355 g/mol. The number of fused-ring (bicyclic) bond motifs is 1. The van der Waals surface area contributed by atoms with Crippen LogP contribution in [0.4, 0.5) is 5.95 Å². The molecule has 8 heteroatoms. The first-order valence-electron chi connectivity index (χ1n) is 7.67. The molecule has 2 aromatic heterocycles. The first-order chi connectivity index (χ1) is 12.0. The highest BCUT2D eigenvalue weighted by atomic mass is 32.2. The molecule has 1 unspecified atom stereocenters. The van der Waals surface area contributed by atoms with Gasteiger partial charge < -0.3 is 0 Å². The second-order valence-electron chi connectivity index (χ2n) is 5.60. The van der Waals surface area contributed by atoms with Crippen molar-refractivity contribution in [2.75, 3.05) is 5.32 Å². The van der Waals surface area contributed by atoms with Gasteiger partial charge in [0.05, 0.1) is 16.2 Å².